The van der Waals surface area contributed by atoms with Crippen LogP contribution in [0, 0.1) is 23.6 Å². The van der Waals surface area contributed by atoms with Crippen molar-refractivity contribution < 1.29 is 9.18 Å². The van der Waals surface area contributed by atoms with Crippen molar-refractivity contribution in [3.63, 3.8) is 0 Å². The number of hydrogen-bond acceptors (Lipinski definition) is 1. The summed E-state index contributed by atoms with van der Waals surface area (Å²) in [5, 5.41) is 0. The lowest BCUT2D eigenvalue weighted by Gasteiger charge is -2.31. The van der Waals surface area contributed by atoms with Gasteiger partial charge >= 0.3 is 0 Å². The Morgan fingerprint density at radius 3 is 2.12 bits per heavy atom. The van der Waals surface area contributed by atoms with E-state index in [1.807, 2.05) is 12.1 Å². The fraction of sp³-hybridized carbons (Fsp3) is 0.696. The lowest BCUT2D eigenvalue weighted by atomic mass is 9.73. The highest BCUT2D eigenvalue weighted by molar-refractivity contribution is 5.82. The first-order chi connectivity index (χ1) is 12.2. The molecule has 0 aliphatic heterocycles. The molecule has 0 unspecified atom stereocenters. The predicted molar refractivity (Wildman–Crippen MR) is 101 cm³/mol. The third kappa shape index (κ3) is 5.15. The van der Waals surface area contributed by atoms with Gasteiger partial charge in [0.25, 0.3) is 0 Å². The van der Waals surface area contributed by atoms with E-state index >= 15 is 0 Å². The summed E-state index contributed by atoms with van der Waals surface area (Å²) >= 11 is 0. The van der Waals surface area contributed by atoms with E-state index in [0.717, 1.165) is 36.7 Å². The van der Waals surface area contributed by atoms with E-state index in [2.05, 4.69) is 6.92 Å². The van der Waals surface area contributed by atoms with Crippen molar-refractivity contribution in [2.75, 3.05) is 0 Å². The Morgan fingerprint density at radius 1 is 0.880 bits per heavy atom. The average molecular weight is 345 g/mol. The Morgan fingerprint density at radius 2 is 1.52 bits per heavy atom. The summed E-state index contributed by atoms with van der Waals surface area (Å²) in [7, 11) is 0. The molecule has 1 nitrogen and oxygen atoms in total. The summed E-state index contributed by atoms with van der Waals surface area (Å²) in [5.41, 5.74) is 1.13. The molecule has 1 aromatic rings. The van der Waals surface area contributed by atoms with E-state index in [-0.39, 0.29) is 11.7 Å². The molecule has 0 spiro atoms. The van der Waals surface area contributed by atoms with E-state index in [1.165, 1.54) is 57.1 Å². The summed E-state index contributed by atoms with van der Waals surface area (Å²) in [6.07, 6.45) is 13.4. The first-order valence-electron chi connectivity index (χ1n) is 10.4. The van der Waals surface area contributed by atoms with E-state index in [1.54, 1.807) is 0 Å². The van der Waals surface area contributed by atoms with Crippen LogP contribution in [0.1, 0.15) is 89.0 Å². The molecular weight excluding hydrogens is 311 g/mol. The van der Waals surface area contributed by atoms with E-state index in [9.17, 15) is 9.18 Å². The highest BCUT2D eigenvalue weighted by atomic mass is 19.1. The van der Waals surface area contributed by atoms with Gasteiger partial charge < -0.3 is 0 Å². The van der Waals surface area contributed by atoms with Crippen LogP contribution in [-0.2, 0) is 4.79 Å². The van der Waals surface area contributed by atoms with Gasteiger partial charge in [0, 0.05) is 12.3 Å². The Hall–Kier alpha value is -1.18. The molecule has 0 radical (unpaired) electrons. The summed E-state index contributed by atoms with van der Waals surface area (Å²) < 4.78 is 13.1. The molecule has 2 heteroatoms. The molecule has 3 rings (SSSR count). The van der Waals surface area contributed by atoms with Crippen LogP contribution in [0.4, 0.5) is 4.39 Å². The monoisotopic (exact) mass is 344 g/mol. The minimum atomic E-state index is -0.197. The highest BCUT2D eigenvalue weighted by Gasteiger charge is 2.30. The Bertz CT molecular complexity index is 542. The maximum absolute atomic E-state index is 13.1. The SMILES string of the molecule is CCC[C@H]1CC[C@H](CC[C@H]2CC[C@H](c3ccc(F)cc3)CC2=O)CC1. The number of rotatable bonds is 6. The van der Waals surface area contributed by atoms with E-state index < -0.39 is 0 Å². The quantitative estimate of drug-likeness (QED) is 0.563. The third-order valence-corrected chi connectivity index (χ3v) is 6.69. The fourth-order valence-corrected chi connectivity index (χ4v) is 5.05. The van der Waals surface area contributed by atoms with Crippen molar-refractivity contribution in [3.05, 3.63) is 35.6 Å². The smallest absolute Gasteiger partial charge is 0.136 e. The first kappa shape index (κ1) is 18.6. The largest absolute Gasteiger partial charge is 0.299 e. The normalized spacial score (nSPS) is 30.4. The number of hydrogen-bond donors (Lipinski definition) is 0. The lowest BCUT2D eigenvalue weighted by molar-refractivity contribution is -0.125. The zero-order valence-corrected chi connectivity index (χ0v) is 15.7. The van der Waals surface area contributed by atoms with Crippen LogP contribution in [0.3, 0.4) is 0 Å². The second-order valence-corrected chi connectivity index (χ2v) is 8.45. The van der Waals surface area contributed by atoms with Gasteiger partial charge in [-0.05, 0) is 61.1 Å². The van der Waals surface area contributed by atoms with E-state index in [4.69, 9.17) is 0 Å². The molecular formula is C23H33FO. The zero-order valence-electron chi connectivity index (χ0n) is 15.7. The van der Waals surface area contributed by atoms with Crippen LogP contribution >= 0.6 is 0 Å². The van der Waals surface area contributed by atoms with Crippen molar-refractivity contribution in [3.8, 4) is 0 Å². The summed E-state index contributed by atoms with van der Waals surface area (Å²) in [5.74, 6) is 2.65. The van der Waals surface area contributed by atoms with Crippen LogP contribution in [0.15, 0.2) is 24.3 Å². The van der Waals surface area contributed by atoms with Crippen molar-refractivity contribution in [2.24, 2.45) is 17.8 Å². The fourth-order valence-electron chi connectivity index (χ4n) is 5.05. The van der Waals surface area contributed by atoms with Gasteiger partial charge in [0.2, 0.25) is 0 Å². The maximum Gasteiger partial charge on any atom is 0.136 e. The van der Waals surface area contributed by atoms with Crippen LogP contribution in [0.25, 0.3) is 0 Å². The van der Waals surface area contributed by atoms with Crippen molar-refractivity contribution in [2.45, 2.75) is 83.5 Å². The molecule has 2 aliphatic rings. The summed E-state index contributed by atoms with van der Waals surface area (Å²) in [6.45, 7) is 2.29. The number of Topliss-reactive ketones (excluding diaryl/α,β-unsaturated/α-hetero) is 1. The molecule has 2 atom stereocenters. The van der Waals surface area contributed by atoms with Gasteiger partial charge in [-0.25, -0.2) is 4.39 Å². The number of ketones is 1. The van der Waals surface area contributed by atoms with Gasteiger partial charge in [-0.2, -0.15) is 0 Å². The van der Waals surface area contributed by atoms with Crippen LogP contribution < -0.4 is 0 Å². The van der Waals surface area contributed by atoms with Gasteiger partial charge in [0.05, 0.1) is 0 Å². The number of carbonyl (C=O) groups is 1. The average Bonchev–Trinajstić information content (AvgIpc) is 2.63. The second-order valence-electron chi connectivity index (χ2n) is 8.45. The topological polar surface area (TPSA) is 17.1 Å². The van der Waals surface area contributed by atoms with Crippen molar-refractivity contribution in [1.29, 1.82) is 0 Å². The molecule has 0 bridgehead atoms. The third-order valence-electron chi connectivity index (χ3n) is 6.69. The molecule has 0 aromatic heterocycles. The Labute approximate surface area is 152 Å². The van der Waals surface area contributed by atoms with Gasteiger partial charge in [-0.1, -0.05) is 57.6 Å². The second kappa shape index (κ2) is 8.96. The minimum absolute atomic E-state index is 0.197. The Balaban J connectivity index is 1.42. The first-order valence-corrected chi connectivity index (χ1v) is 10.4. The molecule has 0 heterocycles. The van der Waals surface area contributed by atoms with Crippen molar-refractivity contribution >= 4 is 5.78 Å². The van der Waals surface area contributed by atoms with Gasteiger partial charge in [-0.3, -0.25) is 4.79 Å². The molecule has 138 valence electrons. The summed E-state index contributed by atoms with van der Waals surface area (Å²) in [6, 6.07) is 6.73. The minimum Gasteiger partial charge on any atom is -0.299 e. The van der Waals surface area contributed by atoms with Crippen LogP contribution in [0.5, 0.6) is 0 Å². The van der Waals surface area contributed by atoms with Crippen LogP contribution in [0.2, 0.25) is 0 Å². The van der Waals surface area contributed by atoms with E-state index in [0.29, 0.717) is 18.1 Å². The summed E-state index contributed by atoms with van der Waals surface area (Å²) in [4.78, 5) is 12.6. The zero-order chi connectivity index (χ0) is 17.6. The molecule has 2 fully saturated rings. The molecule has 0 amide bonds. The number of halogens is 1. The molecule has 2 aliphatic carbocycles. The lowest BCUT2D eigenvalue weighted by Crippen LogP contribution is -2.25. The number of carbonyl (C=O) groups excluding carboxylic acids is 1. The molecule has 0 saturated heterocycles. The predicted octanol–water partition coefficient (Wildman–Crippen LogP) is 6.67. The maximum atomic E-state index is 13.1. The Kier molecular flexibility index (Phi) is 6.67. The van der Waals surface area contributed by atoms with Gasteiger partial charge in [0.1, 0.15) is 11.6 Å². The van der Waals surface area contributed by atoms with Crippen molar-refractivity contribution in [1.82, 2.24) is 0 Å². The van der Waals surface area contributed by atoms with Crippen LogP contribution in [-0.4, -0.2) is 5.78 Å². The standard InChI is InChI=1S/C23H33FO/c1-2-3-17-4-6-18(7-5-17)8-9-20-10-11-21(16-23(20)25)19-12-14-22(24)15-13-19/h12-15,17-18,20-21H,2-11,16H2,1H3/t17-,18-,20-,21-/m0/s1. The molecule has 25 heavy (non-hydrogen) atoms. The molecule has 0 N–H and O–H groups in total. The van der Waals surface area contributed by atoms with Gasteiger partial charge in [-0.15, -0.1) is 0 Å². The van der Waals surface area contributed by atoms with Gasteiger partial charge in [0.15, 0.2) is 0 Å². The number of benzene rings is 1. The molecule has 1 aromatic carbocycles. The molecule has 2 saturated carbocycles. The highest BCUT2D eigenvalue weighted by Crippen LogP contribution is 2.38.